The lowest BCUT2D eigenvalue weighted by atomic mass is 10.2. The topological polar surface area (TPSA) is 77.1 Å². The van der Waals surface area contributed by atoms with Gasteiger partial charge in [0.2, 0.25) is 0 Å². The van der Waals surface area contributed by atoms with Crippen LogP contribution >= 0.6 is 0 Å². The third-order valence-corrected chi connectivity index (χ3v) is 4.21. The first-order valence-electron chi connectivity index (χ1n) is 10.1. The van der Waals surface area contributed by atoms with Crippen LogP contribution in [0.5, 0.6) is 5.75 Å². The largest absolute Gasteiger partial charge is 0.436 e. The molecule has 2 aromatic rings. The fourth-order valence-electron chi connectivity index (χ4n) is 2.68. The SMILES string of the molecule is C#CCOC(=O)Nc1cccc(OC(=O)N(CCOCCCC)c2cccc(C)c2)c1. The molecule has 2 aromatic carbocycles. The molecule has 31 heavy (non-hydrogen) atoms. The van der Waals surface area contributed by atoms with Crippen LogP contribution in [0.25, 0.3) is 0 Å². The fraction of sp³-hybridized carbons (Fsp3) is 0.333. The van der Waals surface area contributed by atoms with Gasteiger partial charge in [0.25, 0.3) is 0 Å². The first-order chi connectivity index (χ1) is 15.0. The summed E-state index contributed by atoms with van der Waals surface area (Å²) in [6.07, 6.45) is 5.85. The number of terminal acetylenes is 1. The van der Waals surface area contributed by atoms with Gasteiger partial charge in [-0.15, -0.1) is 6.42 Å². The molecule has 0 aliphatic rings. The van der Waals surface area contributed by atoms with E-state index in [9.17, 15) is 9.59 Å². The van der Waals surface area contributed by atoms with Gasteiger partial charge < -0.3 is 14.2 Å². The summed E-state index contributed by atoms with van der Waals surface area (Å²) in [5.41, 5.74) is 2.16. The predicted octanol–water partition coefficient (Wildman–Crippen LogP) is 5.00. The smallest absolute Gasteiger partial charge is 0.419 e. The molecule has 0 spiro atoms. The third-order valence-electron chi connectivity index (χ3n) is 4.21. The van der Waals surface area contributed by atoms with E-state index in [4.69, 9.17) is 20.6 Å². The lowest BCUT2D eigenvalue weighted by Gasteiger charge is -2.22. The van der Waals surface area contributed by atoms with E-state index < -0.39 is 12.2 Å². The van der Waals surface area contributed by atoms with Crippen molar-refractivity contribution in [3.8, 4) is 18.1 Å². The molecule has 164 valence electrons. The number of carbonyl (C=O) groups is 2. The molecule has 1 N–H and O–H groups in total. The van der Waals surface area contributed by atoms with E-state index in [0.29, 0.717) is 25.4 Å². The second-order valence-electron chi connectivity index (χ2n) is 6.76. The van der Waals surface area contributed by atoms with E-state index in [1.807, 2.05) is 31.2 Å². The van der Waals surface area contributed by atoms with Gasteiger partial charge in [-0.05, 0) is 43.2 Å². The summed E-state index contributed by atoms with van der Waals surface area (Å²) < 4.78 is 16.0. The normalized spacial score (nSPS) is 10.1. The molecule has 0 aromatic heterocycles. The highest BCUT2D eigenvalue weighted by molar-refractivity contribution is 5.90. The first kappa shape index (κ1) is 23.8. The third kappa shape index (κ3) is 8.41. The van der Waals surface area contributed by atoms with Crippen LogP contribution in [0.4, 0.5) is 21.0 Å². The quantitative estimate of drug-likeness (QED) is 0.429. The van der Waals surface area contributed by atoms with Crippen LogP contribution < -0.4 is 15.0 Å². The summed E-state index contributed by atoms with van der Waals surface area (Å²) in [5.74, 6) is 2.50. The second-order valence-corrected chi connectivity index (χ2v) is 6.76. The molecule has 0 radical (unpaired) electrons. The van der Waals surface area contributed by atoms with E-state index in [1.165, 1.54) is 11.0 Å². The number of aryl methyl sites for hydroxylation is 1. The average Bonchev–Trinajstić information content (AvgIpc) is 2.75. The summed E-state index contributed by atoms with van der Waals surface area (Å²) in [6, 6.07) is 14.1. The number of benzene rings is 2. The Hall–Kier alpha value is -3.50. The first-order valence-corrected chi connectivity index (χ1v) is 10.1. The zero-order valence-electron chi connectivity index (χ0n) is 17.9. The van der Waals surface area contributed by atoms with Gasteiger partial charge in [0.15, 0.2) is 6.61 Å². The molecule has 0 aliphatic carbocycles. The monoisotopic (exact) mass is 424 g/mol. The minimum absolute atomic E-state index is 0.133. The summed E-state index contributed by atoms with van der Waals surface area (Å²) in [7, 11) is 0. The Bertz CT molecular complexity index is 907. The molecule has 0 bridgehead atoms. The summed E-state index contributed by atoms with van der Waals surface area (Å²) in [4.78, 5) is 26.1. The van der Waals surface area contributed by atoms with Crippen LogP contribution in [0.1, 0.15) is 25.3 Å². The molecule has 0 atom stereocenters. The maximum Gasteiger partial charge on any atom is 0.419 e. The molecule has 7 nitrogen and oxygen atoms in total. The number of unbranched alkanes of at least 4 members (excludes halogenated alkanes) is 1. The highest BCUT2D eigenvalue weighted by Gasteiger charge is 2.18. The van der Waals surface area contributed by atoms with E-state index in [2.05, 4.69) is 18.2 Å². The van der Waals surface area contributed by atoms with Crippen molar-refractivity contribution >= 4 is 23.6 Å². The van der Waals surface area contributed by atoms with E-state index in [0.717, 1.165) is 24.1 Å². The zero-order valence-corrected chi connectivity index (χ0v) is 17.9. The predicted molar refractivity (Wildman–Crippen MR) is 121 cm³/mol. The number of hydrogen-bond donors (Lipinski definition) is 1. The van der Waals surface area contributed by atoms with Gasteiger partial charge in [0.05, 0.1) is 13.2 Å². The number of nitrogens with one attached hydrogen (secondary N) is 1. The number of amides is 2. The van der Waals surface area contributed by atoms with Crippen molar-refractivity contribution in [3.05, 3.63) is 54.1 Å². The molecular formula is C24H28N2O5. The van der Waals surface area contributed by atoms with Crippen molar-refractivity contribution in [1.82, 2.24) is 0 Å². The molecule has 0 aliphatic heterocycles. The fourth-order valence-corrected chi connectivity index (χ4v) is 2.68. The highest BCUT2D eigenvalue weighted by Crippen LogP contribution is 2.21. The molecule has 0 unspecified atom stereocenters. The number of hydrogen-bond acceptors (Lipinski definition) is 5. The Morgan fingerprint density at radius 1 is 1.13 bits per heavy atom. The number of carbonyl (C=O) groups excluding carboxylic acids is 2. The lowest BCUT2D eigenvalue weighted by Crippen LogP contribution is -2.36. The number of nitrogens with zero attached hydrogens (tertiary/aromatic N) is 1. The van der Waals surface area contributed by atoms with Crippen LogP contribution in [0.3, 0.4) is 0 Å². The van der Waals surface area contributed by atoms with E-state index >= 15 is 0 Å². The maximum atomic E-state index is 12.9. The van der Waals surface area contributed by atoms with Crippen LogP contribution in [0, 0.1) is 19.3 Å². The van der Waals surface area contributed by atoms with Gasteiger partial charge in [-0.3, -0.25) is 10.2 Å². The van der Waals surface area contributed by atoms with Gasteiger partial charge in [-0.1, -0.05) is 37.5 Å². The zero-order chi connectivity index (χ0) is 22.5. The molecule has 7 heteroatoms. The Morgan fingerprint density at radius 2 is 1.94 bits per heavy atom. The highest BCUT2D eigenvalue weighted by atomic mass is 16.6. The Balaban J connectivity index is 2.07. The van der Waals surface area contributed by atoms with E-state index in [1.54, 1.807) is 18.2 Å². The number of anilines is 2. The number of ether oxygens (including phenoxy) is 3. The molecule has 2 rings (SSSR count). The molecule has 2 amide bonds. The Kier molecular flexibility index (Phi) is 9.92. The van der Waals surface area contributed by atoms with Gasteiger partial charge in [0.1, 0.15) is 5.75 Å². The molecular weight excluding hydrogens is 396 g/mol. The van der Waals surface area contributed by atoms with Gasteiger partial charge in [-0.25, -0.2) is 9.59 Å². The Labute approximate surface area is 183 Å². The summed E-state index contributed by atoms with van der Waals surface area (Å²) in [6.45, 7) is 5.31. The summed E-state index contributed by atoms with van der Waals surface area (Å²) in [5, 5.41) is 2.53. The van der Waals surface area contributed by atoms with Crippen LogP contribution in [0.2, 0.25) is 0 Å². The van der Waals surface area contributed by atoms with Crippen LogP contribution in [-0.4, -0.2) is 38.6 Å². The average molecular weight is 424 g/mol. The van der Waals surface area contributed by atoms with Crippen molar-refractivity contribution in [2.75, 3.05) is 36.6 Å². The van der Waals surface area contributed by atoms with Crippen molar-refractivity contribution in [2.45, 2.75) is 26.7 Å². The number of rotatable bonds is 10. The molecule has 0 heterocycles. The molecule has 0 saturated heterocycles. The van der Waals surface area contributed by atoms with Gasteiger partial charge in [0, 0.05) is 24.0 Å². The van der Waals surface area contributed by atoms with Gasteiger partial charge >= 0.3 is 12.2 Å². The maximum absolute atomic E-state index is 12.9. The minimum atomic E-state index is -0.688. The van der Waals surface area contributed by atoms with Crippen molar-refractivity contribution in [2.24, 2.45) is 0 Å². The molecule has 0 saturated carbocycles. The van der Waals surface area contributed by atoms with Crippen molar-refractivity contribution < 1.29 is 23.8 Å². The Morgan fingerprint density at radius 3 is 2.68 bits per heavy atom. The van der Waals surface area contributed by atoms with Crippen molar-refractivity contribution in [3.63, 3.8) is 0 Å². The lowest BCUT2D eigenvalue weighted by molar-refractivity contribution is 0.135. The van der Waals surface area contributed by atoms with Crippen LogP contribution in [0.15, 0.2) is 48.5 Å². The van der Waals surface area contributed by atoms with Crippen molar-refractivity contribution in [1.29, 1.82) is 0 Å². The molecule has 0 fully saturated rings. The summed E-state index contributed by atoms with van der Waals surface area (Å²) >= 11 is 0. The van der Waals surface area contributed by atoms with E-state index in [-0.39, 0.29) is 12.4 Å². The van der Waals surface area contributed by atoms with Gasteiger partial charge in [-0.2, -0.15) is 0 Å². The second kappa shape index (κ2) is 12.9. The standard InChI is InChI=1S/C24H28N2O5/c1-4-6-15-29-16-13-26(21-11-7-9-19(3)17-21)24(28)31-22-12-8-10-20(18-22)25-23(27)30-14-5-2/h2,7-12,17-18H,4,6,13-16H2,1,3H3,(H,25,27). The van der Waals surface area contributed by atoms with Crippen LogP contribution in [-0.2, 0) is 9.47 Å². The minimum Gasteiger partial charge on any atom is -0.436 e.